The van der Waals surface area contributed by atoms with Gasteiger partial charge in [-0.25, -0.2) is 4.79 Å². The van der Waals surface area contributed by atoms with Crippen molar-refractivity contribution < 1.29 is 19.2 Å². The summed E-state index contributed by atoms with van der Waals surface area (Å²) in [4.78, 5) is 21.1. The average Bonchev–Trinajstić information content (AvgIpc) is 2.29. The predicted molar refractivity (Wildman–Crippen MR) is 71.3 cm³/mol. The summed E-state index contributed by atoms with van der Waals surface area (Å²) in [5.74, 6) is 0.199. The molecule has 6 nitrogen and oxygen atoms in total. The first-order chi connectivity index (χ1) is 8.78. The van der Waals surface area contributed by atoms with Gasteiger partial charge in [0, 0.05) is 12.1 Å². The Hall–Kier alpha value is -2.11. The normalized spacial score (nSPS) is 9.95. The molecule has 1 aromatic carbocycles. The number of ether oxygens (including phenoxy) is 2. The molecule has 0 bridgehead atoms. The lowest BCUT2D eigenvalue weighted by Crippen LogP contribution is -2.25. The fraction of sp³-hybridized carbons (Fsp3) is 0.462. The SMILES string of the molecule is CC.CC(C)(C)OC(=O)Oc1ccc([N+](=O)[O-])cc1. The smallest absolute Gasteiger partial charge is 0.428 e. The molecule has 1 rings (SSSR count). The van der Waals surface area contributed by atoms with Crippen LogP contribution in [0.25, 0.3) is 0 Å². The van der Waals surface area contributed by atoms with Crippen molar-refractivity contribution in [3.05, 3.63) is 34.4 Å². The lowest BCUT2D eigenvalue weighted by Gasteiger charge is -2.18. The zero-order chi connectivity index (χ0) is 15.1. The molecule has 0 aliphatic rings. The zero-order valence-corrected chi connectivity index (χ0v) is 11.8. The van der Waals surface area contributed by atoms with Gasteiger partial charge in [-0.05, 0) is 32.9 Å². The minimum atomic E-state index is -0.841. The second kappa shape index (κ2) is 7.35. The summed E-state index contributed by atoms with van der Waals surface area (Å²) in [7, 11) is 0. The Morgan fingerprint density at radius 3 is 2.00 bits per heavy atom. The second-order valence-corrected chi connectivity index (χ2v) is 4.32. The van der Waals surface area contributed by atoms with Gasteiger partial charge < -0.3 is 9.47 Å². The second-order valence-electron chi connectivity index (χ2n) is 4.32. The Kier molecular flexibility index (Phi) is 6.54. The fourth-order valence-corrected chi connectivity index (χ4v) is 1.00. The summed E-state index contributed by atoms with van der Waals surface area (Å²) < 4.78 is 9.77. The van der Waals surface area contributed by atoms with Crippen LogP contribution in [-0.4, -0.2) is 16.7 Å². The van der Waals surface area contributed by atoms with Gasteiger partial charge in [0.15, 0.2) is 0 Å². The lowest BCUT2D eigenvalue weighted by atomic mass is 10.2. The molecular formula is C13H19NO5. The van der Waals surface area contributed by atoms with Crippen molar-refractivity contribution in [1.82, 2.24) is 0 Å². The van der Waals surface area contributed by atoms with Crippen LogP contribution in [0.15, 0.2) is 24.3 Å². The Labute approximate surface area is 112 Å². The van der Waals surface area contributed by atoms with Crippen molar-refractivity contribution in [2.75, 3.05) is 0 Å². The number of carbonyl (C=O) groups excluding carboxylic acids is 1. The van der Waals surface area contributed by atoms with E-state index in [1.165, 1.54) is 24.3 Å². The van der Waals surface area contributed by atoms with E-state index < -0.39 is 16.7 Å². The van der Waals surface area contributed by atoms with Crippen LogP contribution < -0.4 is 4.74 Å². The third-order valence-corrected chi connectivity index (χ3v) is 1.64. The average molecular weight is 269 g/mol. The van der Waals surface area contributed by atoms with E-state index in [1.54, 1.807) is 20.8 Å². The summed E-state index contributed by atoms with van der Waals surface area (Å²) >= 11 is 0. The van der Waals surface area contributed by atoms with E-state index >= 15 is 0 Å². The van der Waals surface area contributed by atoms with Crippen molar-refractivity contribution in [1.29, 1.82) is 0 Å². The molecule has 0 amide bonds. The standard InChI is InChI=1S/C11H13NO5.C2H6/c1-11(2,3)17-10(13)16-9-6-4-8(5-7-9)12(14)15;1-2/h4-7H,1-3H3;1-2H3. The highest BCUT2D eigenvalue weighted by molar-refractivity contribution is 5.64. The van der Waals surface area contributed by atoms with Crippen LogP contribution in [0.4, 0.5) is 10.5 Å². The molecule has 0 aromatic heterocycles. The van der Waals surface area contributed by atoms with Crippen LogP contribution in [0.3, 0.4) is 0 Å². The number of nitrogens with zero attached hydrogens (tertiary/aromatic N) is 1. The molecule has 0 atom stereocenters. The first-order valence-electron chi connectivity index (χ1n) is 5.93. The maximum atomic E-state index is 11.3. The molecular weight excluding hydrogens is 250 g/mol. The quantitative estimate of drug-likeness (QED) is 0.351. The van der Waals surface area contributed by atoms with E-state index in [0.717, 1.165) is 0 Å². The molecule has 19 heavy (non-hydrogen) atoms. The Morgan fingerprint density at radius 2 is 1.63 bits per heavy atom. The number of carbonyl (C=O) groups is 1. The van der Waals surface area contributed by atoms with E-state index in [9.17, 15) is 14.9 Å². The molecule has 0 radical (unpaired) electrons. The van der Waals surface area contributed by atoms with Gasteiger partial charge in [0.25, 0.3) is 5.69 Å². The van der Waals surface area contributed by atoms with Crippen LogP contribution in [0, 0.1) is 10.1 Å². The number of benzene rings is 1. The minimum absolute atomic E-state index is 0.0680. The highest BCUT2D eigenvalue weighted by atomic mass is 16.7. The summed E-state index contributed by atoms with van der Waals surface area (Å²) in [5.41, 5.74) is -0.709. The third kappa shape index (κ3) is 7.03. The monoisotopic (exact) mass is 269 g/mol. The summed E-state index contributed by atoms with van der Waals surface area (Å²) in [6, 6.07) is 5.17. The summed E-state index contributed by atoms with van der Waals surface area (Å²) in [5, 5.41) is 10.4. The maximum absolute atomic E-state index is 11.3. The molecule has 0 heterocycles. The first-order valence-corrected chi connectivity index (χ1v) is 5.93. The van der Waals surface area contributed by atoms with Gasteiger partial charge >= 0.3 is 6.16 Å². The zero-order valence-electron chi connectivity index (χ0n) is 11.8. The van der Waals surface area contributed by atoms with Gasteiger partial charge in [-0.3, -0.25) is 10.1 Å². The Morgan fingerprint density at radius 1 is 1.16 bits per heavy atom. The van der Waals surface area contributed by atoms with E-state index in [-0.39, 0.29) is 11.4 Å². The predicted octanol–water partition coefficient (Wildman–Crippen LogP) is 3.93. The van der Waals surface area contributed by atoms with E-state index in [4.69, 9.17) is 9.47 Å². The van der Waals surface area contributed by atoms with Crippen molar-refractivity contribution in [2.45, 2.75) is 40.2 Å². The van der Waals surface area contributed by atoms with E-state index in [1.807, 2.05) is 13.8 Å². The number of hydrogen-bond acceptors (Lipinski definition) is 5. The van der Waals surface area contributed by atoms with E-state index in [2.05, 4.69) is 0 Å². The highest BCUT2D eigenvalue weighted by Gasteiger charge is 2.18. The lowest BCUT2D eigenvalue weighted by molar-refractivity contribution is -0.384. The molecule has 1 aromatic rings. The Balaban J connectivity index is 0.00000154. The minimum Gasteiger partial charge on any atom is -0.428 e. The molecule has 0 saturated heterocycles. The third-order valence-electron chi connectivity index (χ3n) is 1.64. The van der Waals surface area contributed by atoms with Gasteiger partial charge in [-0.2, -0.15) is 0 Å². The molecule has 106 valence electrons. The van der Waals surface area contributed by atoms with Crippen molar-refractivity contribution >= 4 is 11.8 Å². The van der Waals surface area contributed by atoms with Crippen LogP contribution in [-0.2, 0) is 4.74 Å². The van der Waals surface area contributed by atoms with Crippen LogP contribution >= 0.6 is 0 Å². The molecule has 0 spiro atoms. The van der Waals surface area contributed by atoms with Crippen molar-refractivity contribution in [2.24, 2.45) is 0 Å². The number of non-ortho nitro benzene ring substituents is 1. The van der Waals surface area contributed by atoms with Crippen molar-refractivity contribution in [3.8, 4) is 5.75 Å². The molecule has 0 unspecified atom stereocenters. The molecule has 0 aliphatic heterocycles. The van der Waals surface area contributed by atoms with Gasteiger partial charge in [0.05, 0.1) is 4.92 Å². The van der Waals surface area contributed by atoms with Gasteiger partial charge in [0.2, 0.25) is 0 Å². The first kappa shape index (κ1) is 16.9. The van der Waals surface area contributed by atoms with Gasteiger partial charge in [0.1, 0.15) is 11.4 Å². The number of rotatable bonds is 2. The summed E-state index contributed by atoms with van der Waals surface area (Å²) in [6.07, 6.45) is -0.841. The van der Waals surface area contributed by atoms with Crippen LogP contribution in [0.5, 0.6) is 5.75 Å². The summed E-state index contributed by atoms with van der Waals surface area (Å²) in [6.45, 7) is 9.14. The van der Waals surface area contributed by atoms with Gasteiger partial charge in [-0.1, -0.05) is 13.8 Å². The van der Waals surface area contributed by atoms with Gasteiger partial charge in [-0.15, -0.1) is 0 Å². The molecule has 0 fully saturated rings. The van der Waals surface area contributed by atoms with E-state index in [0.29, 0.717) is 0 Å². The topological polar surface area (TPSA) is 78.7 Å². The largest absolute Gasteiger partial charge is 0.514 e. The Bertz CT molecular complexity index is 420. The number of nitro groups is 1. The van der Waals surface area contributed by atoms with Crippen molar-refractivity contribution in [3.63, 3.8) is 0 Å². The molecule has 0 N–H and O–H groups in total. The molecule has 6 heteroatoms. The number of nitro benzene ring substituents is 1. The maximum Gasteiger partial charge on any atom is 0.514 e. The highest BCUT2D eigenvalue weighted by Crippen LogP contribution is 2.18. The van der Waals surface area contributed by atoms with Crippen LogP contribution in [0.1, 0.15) is 34.6 Å². The molecule has 0 saturated carbocycles. The van der Waals surface area contributed by atoms with Crippen LogP contribution in [0.2, 0.25) is 0 Å². The molecule has 0 aliphatic carbocycles. The fourth-order valence-electron chi connectivity index (χ4n) is 1.00. The number of hydrogen-bond donors (Lipinski definition) is 0.